The quantitative estimate of drug-likeness (QED) is 0.634. The number of hydrogen-bond donors (Lipinski definition) is 1. The zero-order valence-electron chi connectivity index (χ0n) is 7.96. The molecule has 1 saturated heterocycles. The molecule has 70 valence electrons. The second kappa shape index (κ2) is 3.15. The van der Waals surface area contributed by atoms with E-state index in [9.17, 15) is 4.79 Å². The number of ketones is 1. The predicted molar refractivity (Wildman–Crippen MR) is 46.8 cm³/mol. The van der Waals surface area contributed by atoms with Crippen LogP contribution in [0.1, 0.15) is 27.2 Å². The van der Waals surface area contributed by atoms with Gasteiger partial charge in [0, 0.05) is 0 Å². The molecular formula is C9H17NO2. The standard InChI is InChI=1S/C9H17NO2/c1-6(2)4-7(10)8(11)9(3)5-12-9/h6-7H,4-5,10H2,1-3H3. The summed E-state index contributed by atoms with van der Waals surface area (Å²) in [4.78, 5) is 11.5. The Morgan fingerprint density at radius 3 is 2.50 bits per heavy atom. The maximum atomic E-state index is 11.5. The Balaban J connectivity index is 2.42. The van der Waals surface area contributed by atoms with Gasteiger partial charge in [-0.05, 0) is 19.3 Å². The first-order valence-corrected chi connectivity index (χ1v) is 4.39. The number of epoxide rings is 1. The van der Waals surface area contributed by atoms with Crippen LogP contribution in [0.25, 0.3) is 0 Å². The van der Waals surface area contributed by atoms with Crippen molar-refractivity contribution in [2.75, 3.05) is 6.61 Å². The molecule has 1 heterocycles. The van der Waals surface area contributed by atoms with Crippen LogP contribution in [0.2, 0.25) is 0 Å². The summed E-state index contributed by atoms with van der Waals surface area (Å²) in [6.45, 7) is 6.46. The number of hydrogen-bond acceptors (Lipinski definition) is 3. The maximum Gasteiger partial charge on any atom is 0.183 e. The summed E-state index contributed by atoms with van der Waals surface area (Å²) in [5, 5.41) is 0. The second-order valence-electron chi connectivity index (χ2n) is 4.12. The number of carbonyl (C=O) groups is 1. The van der Waals surface area contributed by atoms with Crippen molar-refractivity contribution in [3.8, 4) is 0 Å². The van der Waals surface area contributed by atoms with Crippen LogP contribution < -0.4 is 5.73 Å². The van der Waals surface area contributed by atoms with Crippen molar-refractivity contribution in [2.45, 2.75) is 38.8 Å². The lowest BCUT2D eigenvalue weighted by Gasteiger charge is -2.14. The minimum absolute atomic E-state index is 0.0520. The smallest absolute Gasteiger partial charge is 0.183 e. The molecule has 0 aromatic rings. The highest BCUT2D eigenvalue weighted by Gasteiger charge is 2.48. The van der Waals surface area contributed by atoms with Gasteiger partial charge in [-0.2, -0.15) is 0 Å². The summed E-state index contributed by atoms with van der Waals surface area (Å²) >= 11 is 0. The van der Waals surface area contributed by atoms with Gasteiger partial charge in [0.15, 0.2) is 5.78 Å². The first-order valence-electron chi connectivity index (χ1n) is 4.39. The highest BCUT2D eigenvalue weighted by atomic mass is 16.6. The Labute approximate surface area is 73.3 Å². The van der Waals surface area contributed by atoms with Gasteiger partial charge in [0.25, 0.3) is 0 Å². The highest BCUT2D eigenvalue weighted by molar-refractivity contribution is 5.93. The van der Waals surface area contributed by atoms with Gasteiger partial charge in [0.05, 0.1) is 12.6 Å². The first-order chi connectivity index (χ1) is 5.46. The zero-order valence-corrected chi connectivity index (χ0v) is 7.96. The van der Waals surface area contributed by atoms with Crippen LogP contribution in [0.5, 0.6) is 0 Å². The molecular weight excluding hydrogens is 154 g/mol. The van der Waals surface area contributed by atoms with E-state index in [2.05, 4.69) is 13.8 Å². The molecule has 0 spiro atoms. The maximum absolute atomic E-state index is 11.5. The van der Waals surface area contributed by atoms with E-state index in [1.165, 1.54) is 0 Å². The zero-order chi connectivity index (χ0) is 9.35. The number of rotatable bonds is 4. The molecule has 0 amide bonds. The van der Waals surface area contributed by atoms with E-state index in [4.69, 9.17) is 10.5 Å². The van der Waals surface area contributed by atoms with Gasteiger partial charge in [-0.1, -0.05) is 13.8 Å². The van der Waals surface area contributed by atoms with E-state index in [1.807, 2.05) is 0 Å². The summed E-state index contributed by atoms with van der Waals surface area (Å²) in [5.41, 5.74) is 5.17. The molecule has 0 aliphatic carbocycles. The summed E-state index contributed by atoms with van der Waals surface area (Å²) < 4.78 is 5.03. The Kier molecular flexibility index (Phi) is 2.54. The van der Waals surface area contributed by atoms with Gasteiger partial charge in [-0.25, -0.2) is 0 Å². The third-order valence-corrected chi connectivity index (χ3v) is 2.16. The third-order valence-electron chi connectivity index (χ3n) is 2.16. The highest BCUT2D eigenvalue weighted by Crippen LogP contribution is 2.28. The lowest BCUT2D eigenvalue weighted by molar-refractivity contribution is -0.125. The van der Waals surface area contributed by atoms with E-state index in [0.29, 0.717) is 12.5 Å². The van der Waals surface area contributed by atoms with Crippen molar-refractivity contribution in [1.82, 2.24) is 0 Å². The average molecular weight is 171 g/mol. The molecule has 2 unspecified atom stereocenters. The monoisotopic (exact) mass is 171 g/mol. The summed E-state index contributed by atoms with van der Waals surface area (Å²) in [6.07, 6.45) is 0.748. The summed E-state index contributed by atoms with van der Waals surface area (Å²) in [7, 11) is 0. The number of ether oxygens (including phenoxy) is 1. The molecule has 0 radical (unpaired) electrons. The number of Topliss-reactive ketones (excluding diaryl/α,β-unsaturated/α-hetero) is 1. The number of nitrogens with two attached hydrogens (primary N) is 1. The van der Waals surface area contributed by atoms with Crippen molar-refractivity contribution in [1.29, 1.82) is 0 Å². The molecule has 1 aliphatic rings. The molecule has 3 nitrogen and oxygen atoms in total. The van der Waals surface area contributed by atoms with Crippen LogP contribution in [-0.2, 0) is 9.53 Å². The third kappa shape index (κ3) is 2.05. The van der Waals surface area contributed by atoms with Crippen LogP contribution in [0, 0.1) is 5.92 Å². The van der Waals surface area contributed by atoms with Gasteiger partial charge in [-0.3, -0.25) is 4.79 Å². The molecule has 0 bridgehead atoms. The van der Waals surface area contributed by atoms with E-state index >= 15 is 0 Å². The molecule has 2 atom stereocenters. The first kappa shape index (κ1) is 9.68. The van der Waals surface area contributed by atoms with Crippen molar-refractivity contribution < 1.29 is 9.53 Å². The SMILES string of the molecule is CC(C)CC(N)C(=O)C1(C)CO1. The van der Waals surface area contributed by atoms with Gasteiger partial charge < -0.3 is 10.5 Å². The topological polar surface area (TPSA) is 55.6 Å². The Morgan fingerprint density at radius 2 is 2.17 bits per heavy atom. The minimum atomic E-state index is -0.547. The van der Waals surface area contributed by atoms with Crippen molar-refractivity contribution >= 4 is 5.78 Å². The minimum Gasteiger partial charge on any atom is -0.362 e. The lowest BCUT2D eigenvalue weighted by atomic mass is 9.94. The largest absolute Gasteiger partial charge is 0.362 e. The average Bonchev–Trinajstić information content (AvgIpc) is 2.66. The summed E-state index contributed by atoms with van der Waals surface area (Å²) in [5.74, 6) is 0.516. The molecule has 1 rings (SSSR count). The van der Waals surface area contributed by atoms with Crippen LogP contribution in [-0.4, -0.2) is 24.0 Å². The fraction of sp³-hybridized carbons (Fsp3) is 0.889. The van der Waals surface area contributed by atoms with Crippen LogP contribution in [0.15, 0.2) is 0 Å². The fourth-order valence-corrected chi connectivity index (χ4v) is 1.26. The van der Waals surface area contributed by atoms with Crippen molar-refractivity contribution in [2.24, 2.45) is 11.7 Å². The fourth-order valence-electron chi connectivity index (χ4n) is 1.26. The van der Waals surface area contributed by atoms with Crippen LogP contribution in [0.4, 0.5) is 0 Å². The summed E-state index contributed by atoms with van der Waals surface area (Å²) in [6, 6.07) is -0.350. The molecule has 0 aromatic carbocycles. The Hall–Kier alpha value is -0.410. The van der Waals surface area contributed by atoms with Gasteiger partial charge >= 0.3 is 0 Å². The number of carbonyl (C=O) groups excluding carboxylic acids is 1. The van der Waals surface area contributed by atoms with E-state index in [-0.39, 0.29) is 11.8 Å². The van der Waals surface area contributed by atoms with Gasteiger partial charge in [0.2, 0.25) is 0 Å². The second-order valence-corrected chi connectivity index (χ2v) is 4.12. The van der Waals surface area contributed by atoms with E-state index in [1.54, 1.807) is 6.92 Å². The molecule has 0 aromatic heterocycles. The molecule has 1 aliphatic heterocycles. The van der Waals surface area contributed by atoms with Crippen molar-refractivity contribution in [3.63, 3.8) is 0 Å². The molecule has 12 heavy (non-hydrogen) atoms. The van der Waals surface area contributed by atoms with Crippen LogP contribution in [0.3, 0.4) is 0 Å². The Morgan fingerprint density at radius 1 is 1.67 bits per heavy atom. The molecule has 2 N–H and O–H groups in total. The Bertz CT molecular complexity index is 185. The lowest BCUT2D eigenvalue weighted by Crippen LogP contribution is -2.40. The normalized spacial score (nSPS) is 30.4. The molecule has 3 heteroatoms. The van der Waals surface area contributed by atoms with Gasteiger partial charge in [0.1, 0.15) is 5.60 Å². The van der Waals surface area contributed by atoms with Crippen LogP contribution >= 0.6 is 0 Å². The van der Waals surface area contributed by atoms with E-state index in [0.717, 1.165) is 6.42 Å². The molecule has 0 saturated carbocycles. The van der Waals surface area contributed by atoms with Crippen molar-refractivity contribution in [3.05, 3.63) is 0 Å². The molecule has 1 fully saturated rings. The predicted octanol–water partition coefficient (Wildman–Crippen LogP) is 0.718. The van der Waals surface area contributed by atoms with E-state index < -0.39 is 5.60 Å². The van der Waals surface area contributed by atoms with Gasteiger partial charge in [-0.15, -0.1) is 0 Å².